The number of nitrogen functional groups attached to an aromatic ring is 1. The molecule has 1 aromatic heterocycles. The molecule has 38 heavy (non-hydrogen) atoms. The molecule has 1 saturated heterocycles. The average molecular weight is 514 g/mol. The zero-order valence-electron chi connectivity index (χ0n) is 21.1. The fourth-order valence-corrected chi connectivity index (χ4v) is 3.95. The van der Waals surface area contributed by atoms with Crippen molar-refractivity contribution in [3.05, 3.63) is 84.6 Å². The molecule has 4 rings (SSSR count). The Morgan fingerprint density at radius 2 is 1.66 bits per heavy atom. The molecule has 0 aliphatic carbocycles. The summed E-state index contributed by atoms with van der Waals surface area (Å²) in [6.07, 6.45) is 3.66. The van der Waals surface area contributed by atoms with Crippen LogP contribution in [0.15, 0.2) is 89.3 Å². The smallest absolute Gasteiger partial charge is 0.251 e. The number of azo groups is 1. The van der Waals surface area contributed by atoms with Crippen LogP contribution in [-0.2, 0) is 4.79 Å². The van der Waals surface area contributed by atoms with Crippen LogP contribution < -0.4 is 21.1 Å². The van der Waals surface area contributed by atoms with Gasteiger partial charge in [0.2, 0.25) is 5.91 Å². The Hall–Kier alpha value is -4.57. The van der Waals surface area contributed by atoms with Crippen LogP contribution in [-0.4, -0.2) is 47.9 Å². The highest BCUT2D eigenvalue weighted by Gasteiger charge is 2.13. The van der Waals surface area contributed by atoms with E-state index in [1.165, 1.54) is 19.3 Å². The Morgan fingerprint density at radius 1 is 0.947 bits per heavy atom. The molecule has 2 heterocycles. The summed E-state index contributed by atoms with van der Waals surface area (Å²) in [5.74, 6) is 0.739. The number of aromatic nitrogens is 1. The summed E-state index contributed by atoms with van der Waals surface area (Å²) in [5, 5.41) is 13.7. The van der Waals surface area contributed by atoms with Gasteiger partial charge in [-0.1, -0.05) is 43.3 Å². The third-order valence-electron chi connectivity index (χ3n) is 5.85. The minimum atomic E-state index is -0.439. The molecule has 10 nitrogen and oxygen atoms in total. The van der Waals surface area contributed by atoms with Crippen LogP contribution in [0.1, 0.15) is 29.6 Å². The number of ether oxygens (including phenoxy) is 1. The highest BCUT2D eigenvalue weighted by molar-refractivity contribution is 5.99. The van der Waals surface area contributed by atoms with Crippen molar-refractivity contribution in [2.45, 2.75) is 19.3 Å². The summed E-state index contributed by atoms with van der Waals surface area (Å²) in [5.41, 5.74) is 7.38. The lowest BCUT2D eigenvalue weighted by atomic mass is 10.1. The normalized spacial score (nSPS) is 13.7. The van der Waals surface area contributed by atoms with Gasteiger partial charge in [-0.15, -0.1) is 10.2 Å². The number of rotatable bonds is 10. The molecule has 4 N–H and O–H groups in total. The number of nitrogens with zero attached hydrogens (tertiary/aromatic N) is 4. The van der Waals surface area contributed by atoms with Crippen molar-refractivity contribution in [3.8, 4) is 5.75 Å². The summed E-state index contributed by atoms with van der Waals surface area (Å²) >= 11 is 0. The predicted molar refractivity (Wildman–Crippen MR) is 147 cm³/mol. The second-order valence-electron chi connectivity index (χ2n) is 8.84. The fraction of sp³-hybridized carbons (Fsp3) is 0.250. The van der Waals surface area contributed by atoms with Crippen molar-refractivity contribution < 1.29 is 14.3 Å². The van der Waals surface area contributed by atoms with Crippen molar-refractivity contribution in [1.82, 2.24) is 15.2 Å². The largest absolute Gasteiger partial charge is 0.459 e. The molecule has 2 aromatic carbocycles. The molecule has 0 bridgehead atoms. The lowest BCUT2D eigenvalue weighted by Gasteiger charge is -2.26. The monoisotopic (exact) mass is 513 g/mol. The number of piperidine rings is 1. The number of para-hydroxylation sites is 1. The van der Waals surface area contributed by atoms with Crippen molar-refractivity contribution in [1.29, 1.82) is 0 Å². The van der Waals surface area contributed by atoms with Gasteiger partial charge in [0.05, 0.1) is 13.1 Å². The molecule has 0 saturated carbocycles. The first-order chi connectivity index (χ1) is 18.5. The summed E-state index contributed by atoms with van der Waals surface area (Å²) in [4.78, 5) is 30.8. The van der Waals surface area contributed by atoms with Crippen molar-refractivity contribution in [3.63, 3.8) is 0 Å². The highest BCUT2D eigenvalue weighted by atomic mass is 16.5. The highest BCUT2D eigenvalue weighted by Crippen LogP contribution is 2.31. The van der Waals surface area contributed by atoms with Gasteiger partial charge in [0.25, 0.3) is 5.91 Å². The van der Waals surface area contributed by atoms with E-state index in [0.29, 0.717) is 35.0 Å². The first-order valence-electron chi connectivity index (χ1n) is 12.5. The lowest BCUT2D eigenvalue weighted by Crippen LogP contribution is -2.33. The quantitative estimate of drug-likeness (QED) is 0.263. The summed E-state index contributed by atoms with van der Waals surface area (Å²) in [6, 6.07) is 19.1. The molecular weight excluding hydrogens is 482 g/mol. The van der Waals surface area contributed by atoms with E-state index < -0.39 is 5.91 Å². The van der Waals surface area contributed by atoms with Gasteiger partial charge in [0.1, 0.15) is 23.0 Å². The van der Waals surface area contributed by atoms with Crippen LogP contribution in [0.5, 0.6) is 5.75 Å². The number of likely N-dealkylation sites (tertiary alicyclic amines) is 1. The lowest BCUT2D eigenvalue weighted by molar-refractivity contribution is -0.115. The van der Waals surface area contributed by atoms with Gasteiger partial charge >= 0.3 is 0 Å². The summed E-state index contributed by atoms with van der Waals surface area (Å²) in [7, 11) is 0. The first kappa shape index (κ1) is 26.5. The van der Waals surface area contributed by atoms with Crippen LogP contribution in [0.3, 0.4) is 0 Å². The number of benzene rings is 2. The molecule has 1 fully saturated rings. The third kappa shape index (κ3) is 7.71. The summed E-state index contributed by atoms with van der Waals surface area (Å²) in [6.45, 7) is 6.63. The molecule has 0 spiro atoms. The molecular formula is C28H31N7O3. The van der Waals surface area contributed by atoms with Crippen LogP contribution in [0.4, 0.5) is 23.0 Å². The number of amides is 2. The van der Waals surface area contributed by atoms with Crippen LogP contribution >= 0.6 is 0 Å². The Labute approximate surface area is 221 Å². The van der Waals surface area contributed by atoms with Gasteiger partial charge in [-0.05, 0) is 62.3 Å². The van der Waals surface area contributed by atoms with E-state index in [4.69, 9.17) is 10.5 Å². The van der Waals surface area contributed by atoms with Gasteiger partial charge in [0.15, 0.2) is 11.6 Å². The molecule has 0 atom stereocenters. The molecule has 3 aromatic rings. The topological polar surface area (TPSA) is 134 Å². The number of hydrogen-bond acceptors (Lipinski definition) is 8. The van der Waals surface area contributed by atoms with Crippen molar-refractivity contribution in [2.75, 3.05) is 37.2 Å². The minimum Gasteiger partial charge on any atom is -0.459 e. The van der Waals surface area contributed by atoms with E-state index in [1.54, 1.807) is 42.5 Å². The van der Waals surface area contributed by atoms with Gasteiger partial charge in [-0.3, -0.25) is 14.5 Å². The Morgan fingerprint density at radius 3 is 2.42 bits per heavy atom. The van der Waals surface area contributed by atoms with E-state index in [2.05, 4.69) is 37.3 Å². The molecule has 0 unspecified atom stereocenters. The molecule has 1 aliphatic heterocycles. The van der Waals surface area contributed by atoms with Crippen molar-refractivity contribution >= 4 is 34.8 Å². The number of hydrogen-bond donors (Lipinski definition) is 3. The second-order valence-corrected chi connectivity index (χ2v) is 8.84. The average Bonchev–Trinajstić information content (AvgIpc) is 2.93. The number of anilines is 2. The molecule has 0 radical (unpaired) electrons. The summed E-state index contributed by atoms with van der Waals surface area (Å²) < 4.78 is 5.98. The number of carbonyl (C=O) groups is 2. The second kappa shape index (κ2) is 13.1. The Bertz CT molecular complexity index is 1300. The number of nitrogens with two attached hydrogens (primary N) is 1. The van der Waals surface area contributed by atoms with Gasteiger partial charge in [-0.25, -0.2) is 4.98 Å². The number of nitrogens with one attached hydrogen (secondary N) is 2. The van der Waals surface area contributed by atoms with Gasteiger partial charge in [0, 0.05) is 5.56 Å². The van der Waals surface area contributed by atoms with E-state index in [9.17, 15) is 9.59 Å². The van der Waals surface area contributed by atoms with E-state index >= 15 is 0 Å². The Kier molecular flexibility index (Phi) is 9.14. The number of pyridine rings is 1. The fourth-order valence-electron chi connectivity index (χ4n) is 3.95. The van der Waals surface area contributed by atoms with Crippen LogP contribution in [0, 0.1) is 0 Å². The molecule has 1 aliphatic rings. The zero-order valence-corrected chi connectivity index (χ0v) is 21.1. The third-order valence-corrected chi connectivity index (χ3v) is 5.85. The van der Waals surface area contributed by atoms with Crippen molar-refractivity contribution in [2.24, 2.45) is 10.2 Å². The molecule has 10 heteroatoms. The SMILES string of the molecule is C=C(CN1CCCCC1)Oc1ccccc1/N=N/c1ccc(NC(=O)CNC(=O)c2ccccc2)nc1N. The van der Waals surface area contributed by atoms with E-state index in [-0.39, 0.29) is 24.1 Å². The molecule has 196 valence electrons. The molecule has 2 amide bonds. The van der Waals surface area contributed by atoms with Crippen LogP contribution in [0.2, 0.25) is 0 Å². The maximum absolute atomic E-state index is 12.2. The zero-order chi connectivity index (χ0) is 26.7. The first-order valence-corrected chi connectivity index (χ1v) is 12.5. The maximum Gasteiger partial charge on any atom is 0.251 e. The predicted octanol–water partition coefficient (Wildman–Crippen LogP) is 4.83. The number of carbonyl (C=O) groups excluding carboxylic acids is 2. The van der Waals surface area contributed by atoms with Gasteiger partial charge < -0.3 is 21.1 Å². The minimum absolute atomic E-state index is 0.0905. The van der Waals surface area contributed by atoms with Gasteiger partial charge in [-0.2, -0.15) is 0 Å². The maximum atomic E-state index is 12.2. The van der Waals surface area contributed by atoms with E-state index in [0.717, 1.165) is 13.1 Å². The standard InChI is InChI=1S/C28H31N7O3/c1-20(19-35-16-8-3-9-17-35)38-24-13-7-6-12-22(24)33-34-23-14-15-25(32-27(23)29)31-26(36)18-30-28(37)21-10-4-2-5-11-21/h2,4-7,10-15H,1,3,8-9,16-19H2,(H,30,37)(H3,29,31,32,36)/b34-33+. The van der Waals surface area contributed by atoms with Crippen LogP contribution in [0.25, 0.3) is 0 Å². The van der Waals surface area contributed by atoms with E-state index in [1.807, 2.05) is 24.3 Å². The Balaban J connectivity index is 1.32.